The normalized spacial score (nSPS) is 14.8. The Bertz CT molecular complexity index is 1180. The zero-order valence-corrected chi connectivity index (χ0v) is 17.7. The van der Waals surface area contributed by atoms with E-state index in [1.165, 1.54) is 4.90 Å². The lowest BCUT2D eigenvalue weighted by Crippen LogP contribution is -2.36. The van der Waals surface area contributed by atoms with Crippen molar-refractivity contribution in [2.24, 2.45) is 10.7 Å². The number of hydrogen-bond donors (Lipinski definition) is 1. The smallest absolute Gasteiger partial charge is 0.279 e. The number of carbonyl (C=O) groups excluding carboxylic acids is 1. The van der Waals surface area contributed by atoms with Crippen molar-refractivity contribution >= 4 is 29.5 Å². The van der Waals surface area contributed by atoms with E-state index >= 15 is 0 Å². The van der Waals surface area contributed by atoms with E-state index in [0.29, 0.717) is 28.8 Å². The first kappa shape index (κ1) is 20.6. The lowest BCUT2D eigenvalue weighted by atomic mass is 10.1. The van der Waals surface area contributed by atoms with Crippen molar-refractivity contribution in [3.63, 3.8) is 0 Å². The highest BCUT2D eigenvalue weighted by Gasteiger charge is 2.28. The highest BCUT2D eigenvalue weighted by molar-refractivity contribution is 6.32. The zero-order chi connectivity index (χ0) is 22.0. The van der Waals surface area contributed by atoms with Gasteiger partial charge in [0.25, 0.3) is 5.91 Å². The van der Waals surface area contributed by atoms with Gasteiger partial charge in [0.05, 0.1) is 25.8 Å². The van der Waals surface area contributed by atoms with Crippen molar-refractivity contribution in [2.75, 3.05) is 14.2 Å². The number of rotatable bonds is 6. The first-order chi connectivity index (χ1) is 15.0. The number of methoxy groups -OCH3 is 2. The van der Waals surface area contributed by atoms with Gasteiger partial charge in [-0.05, 0) is 48.0 Å². The summed E-state index contributed by atoms with van der Waals surface area (Å²) in [4.78, 5) is 18.4. The molecule has 4 rings (SSSR count). The topological polar surface area (TPSA) is 90.3 Å². The van der Waals surface area contributed by atoms with Gasteiger partial charge in [-0.2, -0.15) is 0 Å². The van der Waals surface area contributed by atoms with Crippen molar-refractivity contribution in [2.45, 2.75) is 6.54 Å². The van der Waals surface area contributed by atoms with E-state index < -0.39 is 0 Å². The third-order valence-electron chi connectivity index (χ3n) is 4.82. The number of benzene rings is 2. The Kier molecular flexibility index (Phi) is 5.68. The predicted octanol–water partition coefficient (Wildman–Crippen LogP) is 4.32. The number of hydrogen-bond acceptors (Lipinski definition) is 6. The molecule has 1 aliphatic rings. The van der Waals surface area contributed by atoms with E-state index in [2.05, 4.69) is 4.99 Å². The fourth-order valence-electron chi connectivity index (χ4n) is 3.17. The predicted molar refractivity (Wildman–Crippen MR) is 119 cm³/mol. The number of carbonyl (C=O) groups is 1. The molecular weight excluding hydrogens is 418 g/mol. The molecule has 0 saturated carbocycles. The summed E-state index contributed by atoms with van der Waals surface area (Å²) in [6, 6.07) is 16.3. The minimum Gasteiger partial charge on any atom is -0.497 e. The molecule has 0 atom stereocenters. The number of furan rings is 1. The second-order valence-electron chi connectivity index (χ2n) is 6.79. The van der Waals surface area contributed by atoms with Gasteiger partial charge in [-0.3, -0.25) is 9.69 Å². The van der Waals surface area contributed by atoms with Gasteiger partial charge in [-0.1, -0.05) is 23.7 Å². The number of nitrogens with two attached hydrogens (primary N) is 1. The first-order valence-electron chi connectivity index (χ1n) is 9.43. The van der Waals surface area contributed by atoms with Crippen LogP contribution in [0.5, 0.6) is 11.5 Å². The SMILES string of the molecule is COc1ccc(CN2C(=O)/C(=C\c3ccc(-c4ccc(OC)c(Cl)c4)o3)N=C2N)cc1. The number of nitrogens with zero attached hydrogens (tertiary/aromatic N) is 2. The number of aliphatic imine (C=N–C) groups is 1. The third kappa shape index (κ3) is 4.27. The van der Waals surface area contributed by atoms with Crippen LogP contribution in [-0.4, -0.2) is 31.0 Å². The zero-order valence-electron chi connectivity index (χ0n) is 17.0. The standard InChI is InChI=1S/C23H20ClN3O4/c1-29-16-6-3-14(4-7-16)13-27-22(28)19(26-23(27)25)12-17-8-10-20(31-17)15-5-9-21(30-2)18(24)11-15/h3-12H,13H2,1-2H3,(H2,25,26)/b19-12+. The highest BCUT2D eigenvalue weighted by atomic mass is 35.5. The molecule has 0 bridgehead atoms. The fourth-order valence-corrected chi connectivity index (χ4v) is 3.43. The molecule has 1 amide bonds. The second-order valence-corrected chi connectivity index (χ2v) is 7.20. The Morgan fingerprint density at radius 1 is 1.10 bits per heavy atom. The Labute approximate surface area is 184 Å². The summed E-state index contributed by atoms with van der Waals surface area (Å²) in [5.41, 5.74) is 7.89. The van der Waals surface area contributed by atoms with Crippen LogP contribution in [0.1, 0.15) is 11.3 Å². The van der Waals surface area contributed by atoms with Crippen LogP contribution in [0.25, 0.3) is 17.4 Å². The van der Waals surface area contributed by atoms with Gasteiger partial charge in [-0.15, -0.1) is 0 Å². The quantitative estimate of drug-likeness (QED) is 0.580. The molecule has 0 radical (unpaired) electrons. The summed E-state index contributed by atoms with van der Waals surface area (Å²) in [5, 5.41) is 0.480. The lowest BCUT2D eigenvalue weighted by molar-refractivity contribution is -0.123. The first-order valence-corrected chi connectivity index (χ1v) is 9.80. The van der Waals surface area contributed by atoms with Crippen molar-refractivity contribution in [3.05, 3.63) is 76.6 Å². The van der Waals surface area contributed by atoms with Crippen LogP contribution < -0.4 is 15.2 Å². The van der Waals surface area contributed by atoms with Gasteiger partial charge in [0, 0.05) is 11.6 Å². The van der Waals surface area contributed by atoms with Crippen LogP contribution in [0.3, 0.4) is 0 Å². The second kappa shape index (κ2) is 8.57. The average molecular weight is 438 g/mol. The number of guanidine groups is 1. The molecule has 3 aromatic rings. The number of ether oxygens (including phenoxy) is 2. The minimum absolute atomic E-state index is 0.140. The summed E-state index contributed by atoms with van der Waals surface area (Å²) in [7, 11) is 3.16. The van der Waals surface area contributed by atoms with Crippen LogP contribution >= 0.6 is 11.6 Å². The fraction of sp³-hybridized carbons (Fsp3) is 0.130. The molecule has 8 heteroatoms. The maximum absolute atomic E-state index is 12.8. The van der Waals surface area contributed by atoms with Gasteiger partial charge in [-0.25, -0.2) is 4.99 Å². The molecule has 0 spiro atoms. The molecule has 31 heavy (non-hydrogen) atoms. The van der Waals surface area contributed by atoms with E-state index in [9.17, 15) is 4.79 Å². The van der Waals surface area contributed by atoms with Crippen LogP contribution in [0.2, 0.25) is 5.02 Å². The summed E-state index contributed by atoms with van der Waals surface area (Å²) in [6.45, 7) is 0.309. The largest absolute Gasteiger partial charge is 0.497 e. The molecule has 2 heterocycles. The van der Waals surface area contributed by atoms with Gasteiger partial charge in [0.15, 0.2) is 0 Å². The van der Waals surface area contributed by atoms with Gasteiger partial charge in [0.1, 0.15) is 28.7 Å². The number of halogens is 1. The molecule has 0 unspecified atom stereocenters. The summed E-state index contributed by atoms with van der Waals surface area (Å²) in [6.07, 6.45) is 1.57. The molecule has 0 saturated heterocycles. The van der Waals surface area contributed by atoms with Crippen molar-refractivity contribution in [1.29, 1.82) is 0 Å². The monoisotopic (exact) mass is 437 g/mol. The summed E-state index contributed by atoms with van der Waals surface area (Å²) in [5.74, 6) is 2.25. The third-order valence-corrected chi connectivity index (χ3v) is 5.11. The highest BCUT2D eigenvalue weighted by Crippen LogP contribution is 2.31. The molecule has 0 fully saturated rings. The van der Waals surface area contributed by atoms with E-state index in [1.807, 2.05) is 30.3 Å². The lowest BCUT2D eigenvalue weighted by Gasteiger charge is -2.15. The van der Waals surface area contributed by atoms with Gasteiger partial charge < -0.3 is 19.6 Å². The van der Waals surface area contributed by atoms with Gasteiger partial charge in [0.2, 0.25) is 5.96 Å². The van der Waals surface area contributed by atoms with E-state index in [1.54, 1.807) is 44.6 Å². The van der Waals surface area contributed by atoms with Gasteiger partial charge >= 0.3 is 0 Å². The maximum Gasteiger partial charge on any atom is 0.279 e. The maximum atomic E-state index is 12.8. The Morgan fingerprint density at radius 3 is 2.55 bits per heavy atom. The molecule has 7 nitrogen and oxygen atoms in total. The number of amides is 1. The summed E-state index contributed by atoms with van der Waals surface area (Å²) >= 11 is 6.19. The van der Waals surface area contributed by atoms with Crippen LogP contribution in [-0.2, 0) is 11.3 Å². The molecule has 0 aliphatic carbocycles. The molecule has 2 N–H and O–H groups in total. The van der Waals surface area contributed by atoms with Crippen LogP contribution in [0, 0.1) is 0 Å². The molecule has 158 valence electrons. The summed E-state index contributed by atoms with van der Waals surface area (Å²) < 4.78 is 16.2. The van der Waals surface area contributed by atoms with E-state index in [0.717, 1.165) is 16.9 Å². The molecule has 1 aliphatic heterocycles. The van der Waals surface area contributed by atoms with Crippen molar-refractivity contribution < 1.29 is 18.7 Å². The molecular formula is C23H20ClN3O4. The van der Waals surface area contributed by atoms with E-state index in [4.69, 9.17) is 31.2 Å². The Morgan fingerprint density at radius 2 is 1.87 bits per heavy atom. The van der Waals surface area contributed by atoms with E-state index in [-0.39, 0.29) is 17.6 Å². The molecule has 1 aromatic heterocycles. The Hall–Kier alpha value is -3.71. The van der Waals surface area contributed by atoms with Crippen LogP contribution in [0.4, 0.5) is 0 Å². The Balaban J connectivity index is 1.52. The minimum atomic E-state index is -0.293. The average Bonchev–Trinajstić information content (AvgIpc) is 3.34. The van der Waals surface area contributed by atoms with Crippen LogP contribution in [0.15, 0.2) is 69.7 Å². The van der Waals surface area contributed by atoms with Crippen molar-refractivity contribution in [1.82, 2.24) is 4.90 Å². The molecule has 2 aromatic carbocycles. The van der Waals surface area contributed by atoms with Crippen molar-refractivity contribution in [3.8, 4) is 22.8 Å².